The van der Waals surface area contributed by atoms with E-state index in [1.54, 1.807) is 12.4 Å². The number of nitrogens with one attached hydrogen (secondary N) is 1. The van der Waals surface area contributed by atoms with Crippen LogP contribution in [-0.4, -0.2) is 16.0 Å². The minimum absolute atomic E-state index is 0.584. The molecular formula is C9H7N3O. The molecule has 0 saturated carbocycles. The maximum absolute atomic E-state index is 10.1. The molecule has 2 rings (SSSR count). The Hall–Kier alpha value is -1.93. The van der Waals surface area contributed by atoms with Gasteiger partial charge in [0.05, 0.1) is 0 Å². The molecule has 0 aliphatic heterocycles. The largest absolute Gasteiger partial charge is 0.344 e. The van der Waals surface area contributed by atoms with Crippen molar-refractivity contribution >= 4 is 22.8 Å². The maximum Gasteiger partial charge on any atom is 0.240 e. The van der Waals surface area contributed by atoms with Crippen LogP contribution in [0.4, 0.5) is 5.69 Å². The molecule has 0 aromatic carbocycles. The third kappa shape index (κ3) is 1.23. The predicted molar refractivity (Wildman–Crippen MR) is 48.6 cm³/mol. The van der Waals surface area contributed by atoms with Gasteiger partial charge in [0.1, 0.15) is 11.3 Å². The molecule has 0 bridgehead atoms. The summed E-state index contributed by atoms with van der Waals surface area (Å²) in [6.45, 7) is 1.94. The number of isocyanates is 1. The van der Waals surface area contributed by atoms with Gasteiger partial charge in [0.2, 0.25) is 6.08 Å². The molecule has 0 fully saturated rings. The Morgan fingerprint density at radius 3 is 3.23 bits per heavy atom. The number of hydrogen-bond donors (Lipinski definition) is 1. The molecule has 0 aliphatic carbocycles. The Morgan fingerprint density at radius 1 is 1.62 bits per heavy atom. The smallest absolute Gasteiger partial charge is 0.240 e. The molecule has 0 spiro atoms. The minimum Gasteiger partial charge on any atom is -0.344 e. The van der Waals surface area contributed by atoms with Crippen molar-refractivity contribution in [3.8, 4) is 0 Å². The van der Waals surface area contributed by atoms with Gasteiger partial charge in [0.15, 0.2) is 0 Å². The summed E-state index contributed by atoms with van der Waals surface area (Å²) in [5.41, 5.74) is 2.36. The van der Waals surface area contributed by atoms with Crippen LogP contribution in [-0.2, 0) is 4.79 Å². The summed E-state index contributed by atoms with van der Waals surface area (Å²) in [6.07, 6.45) is 4.91. The first-order chi connectivity index (χ1) is 6.31. The predicted octanol–water partition coefficient (Wildman–Crippen LogP) is 1.84. The average Bonchev–Trinajstić information content (AvgIpc) is 2.49. The van der Waals surface area contributed by atoms with Gasteiger partial charge >= 0.3 is 0 Å². The molecule has 2 aromatic rings. The number of pyridine rings is 1. The summed E-state index contributed by atoms with van der Waals surface area (Å²) in [5, 5.41) is 0.850. The highest BCUT2D eigenvalue weighted by atomic mass is 16.1. The second-order valence-electron chi connectivity index (χ2n) is 2.79. The molecule has 4 nitrogen and oxygen atoms in total. The van der Waals surface area contributed by atoms with Gasteiger partial charge in [-0.05, 0) is 18.6 Å². The van der Waals surface area contributed by atoms with Crippen LogP contribution >= 0.6 is 0 Å². The highest BCUT2D eigenvalue weighted by Gasteiger charge is 2.02. The lowest BCUT2D eigenvalue weighted by Crippen LogP contribution is -1.77. The zero-order valence-electron chi connectivity index (χ0n) is 7.03. The fourth-order valence-electron chi connectivity index (χ4n) is 1.24. The van der Waals surface area contributed by atoms with E-state index in [2.05, 4.69) is 15.0 Å². The molecule has 0 saturated heterocycles. The van der Waals surface area contributed by atoms with Crippen LogP contribution in [0, 0.1) is 6.92 Å². The Morgan fingerprint density at radius 2 is 2.46 bits per heavy atom. The van der Waals surface area contributed by atoms with Crippen LogP contribution in [0.1, 0.15) is 5.56 Å². The summed E-state index contributed by atoms with van der Waals surface area (Å²) in [6, 6.07) is 1.93. The second kappa shape index (κ2) is 2.84. The summed E-state index contributed by atoms with van der Waals surface area (Å²) < 4.78 is 0. The van der Waals surface area contributed by atoms with Crippen molar-refractivity contribution in [2.24, 2.45) is 4.99 Å². The number of rotatable bonds is 1. The van der Waals surface area contributed by atoms with Gasteiger partial charge in [-0.1, -0.05) is 0 Å². The van der Waals surface area contributed by atoms with E-state index in [1.165, 1.54) is 6.08 Å². The van der Waals surface area contributed by atoms with Crippen LogP contribution in [0.3, 0.4) is 0 Å². The summed E-state index contributed by atoms with van der Waals surface area (Å²) in [5.74, 6) is 0. The van der Waals surface area contributed by atoms with Gasteiger partial charge in [-0.25, -0.2) is 9.78 Å². The van der Waals surface area contributed by atoms with Gasteiger partial charge in [-0.3, -0.25) is 0 Å². The normalized spacial score (nSPS) is 9.92. The SMILES string of the molecule is Cc1cnc2[nH]cc(N=C=O)c2c1. The summed E-state index contributed by atoms with van der Waals surface area (Å²) in [4.78, 5) is 20.7. The van der Waals surface area contributed by atoms with Gasteiger partial charge < -0.3 is 4.98 Å². The van der Waals surface area contributed by atoms with E-state index in [-0.39, 0.29) is 0 Å². The van der Waals surface area contributed by atoms with Crippen LogP contribution in [0.25, 0.3) is 11.0 Å². The molecule has 0 atom stereocenters. The average molecular weight is 173 g/mol. The van der Waals surface area contributed by atoms with Crippen molar-refractivity contribution in [2.45, 2.75) is 6.92 Å². The number of fused-ring (bicyclic) bond motifs is 1. The fraction of sp³-hybridized carbons (Fsp3) is 0.111. The Balaban J connectivity index is 2.78. The van der Waals surface area contributed by atoms with E-state index in [1.807, 2.05) is 13.0 Å². The molecule has 1 N–H and O–H groups in total. The zero-order valence-corrected chi connectivity index (χ0v) is 7.03. The van der Waals surface area contributed by atoms with E-state index in [0.29, 0.717) is 5.69 Å². The number of carbonyl (C=O) groups excluding carboxylic acids is 1. The van der Waals surface area contributed by atoms with E-state index in [4.69, 9.17) is 0 Å². The highest BCUT2D eigenvalue weighted by Crippen LogP contribution is 2.24. The van der Waals surface area contributed by atoms with Crippen LogP contribution in [0.15, 0.2) is 23.5 Å². The van der Waals surface area contributed by atoms with Crippen LogP contribution < -0.4 is 0 Å². The third-order valence-electron chi connectivity index (χ3n) is 1.81. The van der Waals surface area contributed by atoms with Crippen LogP contribution in [0.5, 0.6) is 0 Å². The molecule has 0 unspecified atom stereocenters. The maximum atomic E-state index is 10.1. The number of H-pyrrole nitrogens is 1. The Kier molecular flexibility index (Phi) is 1.69. The van der Waals surface area contributed by atoms with Crippen molar-refractivity contribution < 1.29 is 4.79 Å². The molecule has 0 amide bonds. The zero-order chi connectivity index (χ0) is 9.26. The second-order valence-corrected chi connectivity index (χ2v) is 2.79. The number of hydrogen-bond acceptors (Lipinski definition) is 3. The molecule has 2 aromatic heterocycles. The number of aromatic amines is 1. The van der Waals surface area contributed by atoms with Crippen molar-refractivity contribution in [1.82, 2.24) is 9.97 Å². The first-order valence-corrected chi connectivity index (χ1v) is 3.83. The minimum atomic E-state index is 0.584. The van der Waals surface area contributed by atoms with Gasteiger partial charge in [-0.2, -0.15) is 4.99 Å². The Bertz CT molecular complexity index is 495. The van der Waals surface area contributed by atoms with E-state index < -0.39 is 0 Å². The first kappa shape index (κ1) is 7.71. The topological polar surface area (TPSA) is 58.1 Å². The molecular weight excluding hydrogens is 166 g/mol. The van der Waals surface area contributed by atoms with Crippen LogP contribution in [0.2, 0.25) is 0 Å². The molecule has 64 valence electrons. The van der Waals surface area contributed by atoms with Crippen molar-refractivity contribution in [2.75, 3.05) is 0 Å². The lowest BCUT2D eigenvalue weighted by Gasteiger charge is -1.91. The van der Waals surface area contributed by atoms with Crippen molar-refractivity contribution in [3.05, 3.63) is 24.0 Å². The lowest BCUT2D eigenvalue weighted by molar-refractivity contribution is 0.565. The highest BCUT2D eigenvalue weighted by molar-refractivity contribution is 5.89. The standard InChI is InChI=1S/C9H7N3O/c1-6-2-7-8(12-5-13)4-11-9(7)10-3-6/h2-4H,1H3,(H,10,11). The van der Waals surface area contributed by atoms with Crippen molar-refractivity contribution in [1.29, 1.82) is 0 Å². The number of aryl methyl sites for hydroxylation is 1. The van der Waals surface area contributed by atoms with Gasteiger partial charge in [-0.15, -0.1) is 0 Å². The first-order valence-electron chi connectivity index (χ1n) is 3.83. The summed E-state index contributed by atoms with van der Waals surface area (Å²) >= 11 is 0. The Labute approximate surface area is 74.3 Å². The molecule has 2 heterocycles. The molecule has 0 radical (unpaired) electrons. The third-order valence-corrected chi connectivity index (χ3v) is 1.81. The lowest BCUT2D eigenvalue weighted by atomic mass is 10.2. The number of nitrogens with zero attached hydrogens (tertiary/aromatic N) is 2. The van der Waals surface area contributed by atoms with E-state index in [9.17, 15) is 4.79 Å². The van der Waals surface area contributed by atoms with Gasteiger partial charge in [0, 0.05) is 17.8 Å². The monoisotopic (exact) mass is 173 g/mol. The number of aliphatic imine (C=N–C) groups is 1. The van der Waals surface area contributed by atoms with E-state index >= 15 is 0 Å². The quantitative estimate of drug-likeness (QED) is 0.528. The molecule has 4 heteroatoms. The molecule has 13 heavy (non-hydrogen) atoms. The molecule has 0 aliphatic rings. The van der Waals surface area contributed by atoms with Crippen molar-refractivity contribution in [3.63, 3.8) is 0 Å². The van der Waals surface area contributed by atoms with E-state index in [0.717, 1.165) is 16.6 Å². The van der Waals surface area contributed by atoms with Gasteiger partial charge in [0.25, 0.3) is 0 Å². The number of aromatic nitrogens is 2. The fourth-order valence-corrected chi connectivity index (χ4v) is 1.24. The summed E-state index contributed by atoms with van der Waals surface area (Å²) in [7, 11) is 0.